The normalized spacial score (nSPS) is 10.8. The molecule has 0 aliphatic rings. The molecule has 0 saturated carbocycles. The number of hydrogen-bond acceptors (Lipinski definition) is 5. The van der Waals surface area contributed by atoms with Crippen LogP contribution in [0, 0.1) is 12.7 Å². The number of carbonyl (C=O) groups is 1. The highest BCUT2D eigenvalue weighted by atomic mass is 19.1. The highest BCUT2D eigenvalue weighted by molar-refractivity contribution is 5.91. The number of aromatic nitrogens is 4. The van der Waals surface area contributed by atoms with Gasteiger partial charge in [-0.15, -0.1) is 5.10 Å². The first-order valence-corrected chi connectivity index (χ1v) is 8.74. The molecule has 0 aliphatic heterocycles. The van der Waals surface area contributed by atoms with Gasteiger partial charge in [-0.1, -0.05) is 24.3 Å². The van der Waals surface area contributed by atoms with E-state index in [4.69, 9.17) is 4.74 Å². The van der Waals surface area contributed by atoms with E-state index in [-0.39, 0.29) is 23.8 Å². The maximum absolute atomic E-state index is 13.4. The Morgan fingerprint density at radius 1 is 1.21 bits per heavy atom. The summed E-state index contributed by atoms with van der Waals surface area (Å²) in [5.41, 5.74) is 1.15. The number of amides is 1. The fourth-order valence-corrected chi connectivity index (χ4v) is 2.78. The smallest absolute Gasteiger partial charge is 0.351 e. The van der Waals surface area contributed by atoms with Gasteiger partial charge in [0.15, 0.2) is 0 Å². The van der Waals surface area contributed by atoms with Crippen molar-refractivity contribution in [3.63, 3.8) is 0 Å². The first kappa shape index (κ1) is 18.4. The van der Waals surface area contributed by atoms with Gasteiger partial charge in [-0.25, -0.2) is 23.3 Å². The standard InChI is InChI=1S/C20H16FN5O3/c1-13-5-2-3-8-16(13)23-17(27)12-26-20(28)25-10-9-22-19(18(25)24-26)29-15-7-4-6-14(21)11-15/h2-11H,12H2,1H3,(H,23,27). The monoisotopic (exact) mass is 393 g/mol. The van der Waals surface area contributed by atoms with Crippen LogP contribution in [0.3, 0.4) is 0 Å². The minimum absolute atomic E-state index is 0.0215. The molecular weight excluding hydrogens is 377 g/mol. The third-order valence-corrected chi connectivity index (χ3v) is 4.19. The number of benzene rings is 2. The molecule has 4 aromatic rings. The molecule has 8 nitrogen and oxygen atoms in total. The van der Waals surface area contributed by atoms with Crippen molar-refractivity contribution < 1.29 is 13.9 Å². The van der Waals surface area contributed by atoms with Gasteiger partial charge in [-0.3, -0.25) is 4.79 Å². The summed E-state index contributed by atoms with van der Waals surface area (Å²) in [4.78, 5) is 29.0. The fraction of sp³-hybridized carbons (Fsp3) is 0.100. The molecule has 0 unspecified atom stereocenters. The summed E-state index contributed by atoms with van der Waals surface area (Å²) >= 11 is 0. The van der Waals surface area contributed by atoms with Gasteiger partial charge >= 0.3 is 5.69 Å². The van der Waals surface area contributed by atoms with E-state index in [9.17, 15) is 14.0 Å². The van der Waals surface area contributed by atoms with E-state index in [0.29, 0.717) is 5.69 Å². The summed E-state index contributed by atoms with van der Waals surface area (Å²) in [6.45, 7) is 1.59. The van der Waals surface area contributed by atoms with E-state index in [1.807, 2.05) is 19.1 Å². The van der Waals surface area contributed by atoms with E-state index in [1.54, 1.807) is 18.2 Å². The van der Waals surface area contributed by atoms with Crippen LogP contribution < -0.4 is 15.7 Å². The summed E-state index contributed by atoms with van der Waals surface area (Å²) in [5, 5.41) is 6.91. The lowest BCUT2D eigenvalue weighted by Crippen LogP contribution is -2.28. The molecule has 1 amide bonds. The lowest BCUT2D eigenvalue weighted by atomic mass is 10.2. The number of ether oxygens (including phenoxy) is 1. The van der Waals surface area contributed by atoms with Gasteiger partial charge in [0, 0.05) is 24.1 Å². The Hall–Kier alpha value is -4.01. The molecule has 0 bridgehead atoms. The number of para-hydroxylation sites is 1. The van der Waals surface area contributed by atoms with E-state index >= 15 is 0 Å². The summed E-state index contributed by atoms with van der Waals surface area (Å²) in [5.74, 6) is -0.631. The summed E-state index contributed by atoms with van der Waals surface area (Å²) < 4.78 is 21.2. The minimum Gasteiger partial charge on any atom is -0.436 e. The molecule has 2 heterocycles. The lowest BCUT2D eigenvalue weighted by Gasteiger charge is -2.07. The largest absolute Gasteiger partial charge is 0.436 e. The Bertz CT molecular complexity index is 1260. The third-order valence-electron chi connectivity index (χ3n) is 4.19. The Labute approximate surface area is 164 Å². The number of carbonyl (C=O) groups excluding carboxylic acids is 1. The Kier molecular flexibility index (Phi) is 4.78. The lowest BCUT2D eigenvalue weighted by molar-refractivity contribution is -0.117. The minimum atomic E-state index is -0.522. The second kappa shape index (κ2) is 7.55. The van der Waals surface area contributed by atoms with Crippen LogP contribution in [0.2, 0.25) is 0 Å². The molecule has 0 fully saturated rings. The highest BCUT2D eigenvalue weighted by Gasteiger charge is 2.16. The zero-order valence-electron chi connectivity index (χ0n) is 15.4. The van der Waals surface area contributed by atoms with Gasteiger partial charge in [-0.2, -0.15) is 0 Å². The van der Waals surface area contributed by atoms with Gasteiger partial charge in [-0.05, 0) is 30.7 Å². The Morgan fingerprint density at radius 3 is 2.83 bits per heavy atom. The van der Waals surface area contributed by atoms with Crippen molar-refractivity contribution in [2.24, 2.45) is 0 Å². The van der Waals surface area contributed by atoms with Crippen LogP contribution in [0.1, 0.15) is 5.56 Å². The molecule has 2 aromatic carbocycles. The number of fused-ring (bicyclic) bond motifs is 1. The number of nitrogens with one attached hydrogen (secondary N) is 1. The second-order valence-corrected chi connectivity index (χ2v) is 6.29. The molecule has 4 rings (SSSR count). The predicted octanol–water partition coefficient (Wildman–Crippen LogP) is 2.77. The number of nitrogens with zero attached hydrogens (tertiary/aromatic N) is 4. The molecule has 0 aliphatic carbocycles. The van der Waals surface area contributed by atoms with Crippen molar-refractivity contribution in [2.75, 3.05) is 5.32 Å². The van der Waals surface area contributed by atoms with Gasteiger partial charge in [0.25, 0.3) is 5.88 Å². The Balaban J connectivity index is 1.61. The van der Waals surface area contributed by atoms with Crippen molar-refractivity contribution in [1.82, 2.24) is 19.2 Å². The van der Waals surface area contributed by atoms with Gasteiger partial charge in [0.1, 0.15) is 18.1 Å². The molecule has 0 radical (unpaired) electrons. The molecule has 1 N–H and O–H groups in total. The highest BCUT2D eigenvalue weighted by Crippen LogP contribution is 2.22. The number of aryl methyl sites for hydroxylation is 1. The molecule has 0 atom stereocenters. The van der Waals surface area contributed by atoms with Crippen LogP contribution in [0.5, 0.6) is 11.6 Å². The van der Waals surface area contributed by atoms with Crippen LogP contribution in [0.4, 0.5) is 10.1 Å². The van der Waals surface area contributed by atoms with Gasteiger partial charge in [0.05, 0.1) is 0 Å². The molecule has 2 aromatic heterocycles. The zero-order valence-corrected chi connectivity index (χ0v) is 15.4. The molecular formula is C20H16FN5O3. The molecule has 0 saturated heterocycles. The molecule has 146 valence electrons. The number of rotatable bonds is 5. The van der Waals surface area contributed by atoms with Crippen molar-refractivity contribution in [1.29, 1.82) is 0 Å². The van der Waals surface area contributed by atoms with Crippen molar-refractivity contribution in [3.05, 3.63) is 82.8 Å². The van der Waals surface area contributed by atoms with E-state index in [1.165, 1.54) is 35.0 Å². The quantitative estimate of drug-likeness (QED) is 0.563. The maximum Gasteiger partial charge on any atom is 0.351 e. The van der Waals surface area contributed by atoms with Crippen LogP contribution in [0.15, 0.2) is 65.7 Å². The van der Waals surface area contributed by atoms with Crippen LogP contribution in [-0.4, -0.2) is 25.1 Å². The van der Waals surface area contributed by atoms with E-state index in [0.717, 1.165) is 10.2 Å². The molecule has 29 heavy (non-hydrogen) atoms. The number of anilines is 1. The van der Waals surface area contributed by atoms with Crippen molar-refractivity contribution in [3.8, 4) is 11.6 Å². The van der Waals surface area contributed by atoms with Crippen LogP contribution >= 0.6 is 0 Å². The van der Waals surface area contributed by atoms with Crippen molar-refractivity contribution in [2.45, 2.75) is 13.5 Å². The maximum atomic E-state index is 13.4. The van der Waals surface area contributed by atoms with Crippen LogP contribution in [-0.2, 0) is 11.3 Å². The Morgan fingerprint density at radius 2 is 2.03 bits per heavy atom. The average Bonchev–Trinajstić information content (AvgIpc) is 3.00. The van der Waals surface area contributed by atoms with E-state index < -0.39 is 17.4 Å². The summed E-state index contributed by atoms with van der Waals surface area (Å²) in [6.07, 6.45) is 2.78. The van der Waals surface area contributed by atoms with E-state index in [2.05, 4.69) is 15.4 Å². The van der Waals surface area contributed by atoms with Gasteiger partial charge in [0.2, 0.25) is 11.6 Å². The fourth-order valence-electron chi connectivity index (χ4n) is 2.78. The zero-order chi connectivity index (χ0) is 20.4. The first-order valence-electron chi connectivity index (χ1n) is 8.74. The topological polar surface area (TPSA) is 90.5 Å². The molecule has 9 heteroatoms. The van der Waals surface area contributed by atoms with Crippen LogP contribution in [0.25, 0.3) is 5.65 Å². The SMILES string of the molecule is Cc1ccccc1NC(=O)Cn1nc2c(Oc3cccc(F)c3)nccn2c1=O. The van der Waals surface area contributed by atoms with Gasteiger partial charge < -0.3 is 10.1 Å². The van der Waals surface area contributed by atoms with Crippen molar-refractivity contribution >= 4 is 17.2 Å². The summed E-state index contributed by atoms with van der Waals surface area (Å²) in [7, 11) is 0. The third kappa shape index (κ3) is 3.84. The number of halogens is 1. The first-order chi connectivity index (χ1) is 14.0. The molecule has 0 spiro atoms. The predicted molar refractivity (Wildman–Crippen MR) is 104 cm³/mol. The second-order valence-electron chi connectivity index (χ2n) is 6.29. The average molecular weight is 393 g/mol. The number of hydrogen-bond donors (Lipinski definition) is 1. The summed E-state index contributed by atoms with van der Waals surface area (Å²) in [6, 6.07) is 12.8.